The van der Waals surface area contributed by atoms with E-state index >= 15 is 0 Å². The first kappa shape index (κ1) is 26.5. The summed E-state index contributed by atoms with van der Waals surface area (Å²) < 4.78 is 16.2. The van der Waals surface area contributed by atoms with Crippen molar-refractivity contribution in [1.29, 1.82) is 0 Å². The highest BCUT2D eigenvalue weighted by Crippen LogP contribution is 2.35. The molecule has 0 spiro atoms. The molecule has 0 bridgehead atoms. The van der Waals surface area contributed by atoms with Crippen LogP contribution in [0.3, 0.4) is 0 Å². The molecule has 0 saturated carbocycles. The number of methoxy groups -OCH3 is 1. The Balaban J connectivity index is 0.00000363. The highest BCUT2D eigenvalue weighted by Gasteiger charge is 2.30. The molecule has 2 N–H and O–H groups in total. The summed E-state index contributed by atoms with van der Waals surface area (Å²) >= 11 is 0. The van der Waals surface area contributed by atoms with E-state index in [9.17, 15) is 0 Å². The Labute approximate surface area is 209 Å². The van der Waals surface area contributed by atoms with E-state index in [0.29, 0.717) is 25.2 Å². The smallest absolute Gasteiger partial charge is 0.190 e. The van der Waals surface area contributed by atoms with Crippen LogP contribution in [0.5, 0.6) is 5.75 Å². The Morgan fingerprint density at radius 2 is 2.03 bits per heavy atom. The van der Waals surface area contributed by atoms with E-state index in [1.165, 1.54) is 18.4 Å². The number of hydrogen-bond acceptors (Lipinski definition) is 5. The van der Waals surface area contributed by atoms with Gasteiger partial charge in [-0.1, -0.05) is 12.1 Å². The standard InChI is InChI=1S/C24H36N4O3.HI/c1-25-24(26-13-6-15-30-18-22-8-5-16-31-22)27-17-20-7-4-14-28(2)23(20)19-9-11-21(29-3)12-10-19;/h5,8-12,16,20,23H,4,6-7,13-15,17-18H2,1-3H3,(H2,25,26,27);1H. The van der Waals surface area contributed by atoms with E-state index in [-0.39, 0.29) is 24.0 Å². The number of hydrogen-bond donors (Lipinski definition) is 2. The molecular weight excluding hydrogens is 519 g/mol. The maximum absolute atomic E-state index is 5.63. The minimum absolute atomic E-state index is 0. The van der Waals surface area contributed by atoms with Gasteiger partial charge in [-0.2, -0.15) is 0 Å². The molecule has 0 aliphatic carbocycles. The molecule has 2 unspecified atom stereocenters. The van der Waals surface area contributed by atoms with E-state index in [1.54, 1.807) is 13.4 Å². The molecule has 1 aliphatic rings. The number of guanidine groups is 1. The summed E-state index contributed by atoms with van der Waals surface area (Å²) in [4.78, 5) is 6.84. The van der Waals surface area contributed by atoms with Crippen LogP contribution in [0.4, 0.5) is 0 Å². The first-order valence-corrected chi connectivity index (χ1v) is 11.1. The Morgan fingerprint density at radius 1 is 1.22 bits per heavy atom. The molecule has 2 aromatic rings. The molecule has 1 aromatic carbocycles. The summed E-state index contributed by atoms with van der Waals surface area (Å²) in [5, 5.41) is 6.92. The lowest BCUT2D eigenvalue weighted by Crippen LogP contribution is -2.45. The monoisotopic (exact) mass is 556 g/mol. The van der Waals surface area contributed by atoms with Crippen molar-refractivity contribution in [3.8, 4) is 5.75 Å². The van der Waals surface area contributed by atoms with Crippen LogP contribution >= 0.6 is 24.0 Å². The number of likely N-dealkylation sites (tertiary alicyclic amines) is 1. The largest absolute Gasteiger partial charge is 0.497 e. The predicted molar refractivity (Wildman–Crippen MR) is 139 cm³/mol. The zero-order valence-corrected chi connectivity index (χ0v) is 21.7. The first-order valence-electron chi connectivity index (χ1n) is 11.1. The van der Waals surface area contributed by atoms with Gasteiger partial charge in [-0.25, -0.2) is 0 Å². The van der Waals surface area contributed by atoms with Crippen molar-refractivity contribution in [3.05, 3.63) is 54.0 Å². The fourth-order valence-electron chi connectivity index (χ4n) is 4.20. The first-order chi connectivity index (χ1) is 15.2. The Kier molecular flexibility index (Phi) is 11.9. The molecule has 2 atom stereocenters. The molecule has 32 heavy (non-hydrogen) atoms. The molecule has 7 nitrogen and oxygen atoms in total. The quantitative estimate of drug-likeness (QED) is 0.199. The maximum Gasteiger partial charge on any atom is 0.190 e. The molecule has 2 heterocycles. The molecule has 1 fully saturated rings. The molecule has 8 heteroatoms. The van der Waals surface area contributed by atoms with Gasteiger partial charge in [-0.05, 0) is 68.6 Å². The van der Waals surface area contributed by atoms with Gasteiger partial charge in [-0.3, -0.25) is 9.89 Å². The summed E-state index contributed by atoms with van der Waals surface area (Å²) in [7, 11) is 5.74. The number of rotatable bonds is 10. The third-order valence-electron chi connectivity index (χ3n) is 5.80. The SMILES string of the molecule is CN=C(NCCCOCc1ccco1)NCC1CCCN(C)C1c1ccc(OC)cc1.I. The minimum atomic E-state index is 0. The highest BCUT2D eigenvalue weighted by molar-refractivity contribution is 14.0. The van der Waals surface area contributed by atoms with Gasteiger partial charge in [0.15, 0.2) is 5.96 Å². The zero-order valence-electron chi connectivity index (χ0n) is 19.4. The second-order valence-electron chi connectivity index (χ2n) is 7.97. The fraction of sp³-hybridized carbons (Fsp3) is 0.542. The van der Waals surface area contributed by atoms with Crippen molar-refractivity contribution in [1.82, 2.24) is 15.5 Å². The number of ether oxygens (including phenoxy) is 2. The van der Waals surface area contributed by atoms with Crippen LogP contribution in [0.25, 0.3) is 0 Å². The highest BCUT2D eigenvalue weighted by atomic mass is 127. The van der Waals surface area contributed by atoms with Gasteiger partial charge >= 0.3 is 0 Å². The molecule has 3 rings (SSSR count). The second-order valence-corrected chi connectivity index (χ2v) is 7.97. The lowest BCUT2D eigenvalue weighted by atomic mass is 9.85. The van der Waals surface area contributed by atoms with Crippen LogP contribution in [0.1, 0.15) is 36.6 Å². The lowest BCUT2D eigenvalue weighted by Gasteiger charge is -2.40. The van der Waals surface area contributed by atoms with E-state index in [1.807, 2.05) is 19.2 Å². The summed E-state index contributed by atoms with van der Waals surface area (Å²) in [5.41, 5.74) is 1.34. The molecular formula is C24H37IN4O3. The van der Waals surface area contributed by atoms with Gasteiger partial charge in [0.2, 0.25) is 0 Å². The van der Waals surface area contributed by atoms with Crippen molar-refractivity contribution < 1.29 is 13.9 Å². The number of nitrogens with zero attached hydrogens (tertiary/aromatic N) is 2. The van der Waals surface area contributed by atoms with Crippen molar-refractivity contribution in [2.24, 2.45) is 10.9 Å². The van der Waals surface area contributed by atoms with E-state index in [4.69, 9.17) is 13.9 Å². The minimum Gasteiger partial charge on any atom is -0.497 e. The molecule has 1 aromatic heterocycles. The normalized spacial score (nSPS) is 19.3. The van der Waals surface area contributed by atoms with Crippen LogP contribution in [0, 0.1) is 5.92 Å². The summed E-state index contributed by atoms with van der Waals surface area (Å²) in [5.74, 6) is 3.11. The second kappa shape index (κ2) is 14.4. The van der Waals surface area contributed by atoms with Gasteiger partial charge in [0.25, 0.3) is 0 Å². The van der Waals surface area contributed by atoms with Crippen LogP contribution in [-0.2, 0) is 11.3 Å². The van der Waals surface area contributed by atoms with Crippen molar-refractivity contribution in [2.75, 3.05) is 47.4 Å². The van der Waals surface area contributed by atoms with Gasteiger partial charge in [0, 0.05) is 32.8 Å². The van der Waals surface area contributed by atoms with Crippen LogP contribution in [0.2, 0.25) is 0 Å². The molecule has 0 amide bonds. The summed E-state index contributed by atoms with van der Waals surface area (Å²) in [6, 6.07) is 12.7. The number of nitrogens with one attached hydrogen (secondary N) is 2. The number of benzene rings is 1. The fourth-order valence-corrected chi connectivity index (χ4v) is 4.20. The molecule has 1 saturated heterocycles. The van der Waals surface area contributed by atoms with Crippen molar-refractivity contribution in [3.63, 3.8) is 0 Å². The predicted octanol–water partition coefficient (Wildman–Crippen LogP) is 4.06. The van der Waals surface area contributed by atoms with Crippen molar-refractivity contribution in [2.45, 2.75) is 31.9 Å². The number of aliphatic imine (C=N–C) groups is 1. The average Bonchev–Trinajstić information content (AvgIpc) is 3.32. The van der Waals surface area contributed by atoms with Gasteiger partial charge in [0.05, 0.1) is 13.4 Å². The third kappa shape index (κ3) is 7.97. The Bertz CT molecular complexity index is 783. The van der Waals surface area contributed by atoms with Gasteiger partial charge in [-0.15, -0.1) is 24.0 Å². The zero-order chi connectivity index (χ0) is 21.9. The van der Waals surface area contributed by atoms with Crippen LogP contribution in [0.15, 0.2) is 52.1 Å². The summed E-state index contributed by atoms with van der Waals surface area (Å²) in [6.07, 6.45) is 4.99. The van der Waals surface area contributed by atoms with Crippen molar-refractivity contribution >= 4 is 29.9 Å². The Hall–Kier alpha value is -1.78. The number of furan rings is 1. The lowest BCUT2D eigenvalue weighted by molar-refractivity contribution is 0.105. The van der Waals surface area contributed by atoms with Crippen LogP contribution in [-0.4, -0.2) is 58.3 Å². The third-order valence-corrected chi connectivity index (χ3v) is 5.80. The van der Waals surface area contributed by atoms with Crippen LogP contribution < -0.4 is 15.4 Å². The average molecular weight is 556 g/mol. The van der Waals surface area contributed by atoms with E-state index < -0.39 is 0 Å². The topological polar surface area (TPSA) is 71.3 Å². The Morgan fingerprint density at radius 3 is 2.72 bits per heavy atom. The van der Waals surface area contributed by atoms with E-state index in [0.717, 1.165) is 43.5 Å². The van der Waals surface area contributed by atoms with E-state index in [2.05, 4.69) is 51.8 Å². The number of halogens is 1. The molecule has 178 valence electrons. The maximum atomic E-state index is 5.63. The molecule has 0 radical (unpaired) electrons. The van der Waals surface area contributed by atoms with Gasteiger partial charge in [0.1, 0.15) is 18.1 Å². The number of piperidine rings is 1. The molecule has 1 aliphatic heterocycles. The summed E-state index contributed by atoms with van der Waals surface area (Å²) in [6.45, 7) is 4.01. The van der Waals surface area contributed by atoms with Gasteiger partial charge < -0.3 is 24.5 Å².